The molecule has 2 heterocycles. The van der Waals surface area contributed by atoms with Crippen molar-refractivity contribution in [1.29, 1.82) is 0 Å². The van der Waals surface area contributed by atoms with Crippen molar-refractivity contribution in [3.63, 3.8) is 0 Å². The van der Waals surface area contributed by atoms with Gasteiger partial charge in [0.25, 0.3) is 0 Å². The van der Waals surface area contributed by atoms with Crippen molar-refractivity contribution in [2.75, 3.05) is 24.7 Å². The van der Waals surface area contributed by atoms with E-state index in [-0.39, 0.29) is 6.10 Å². The Hall–Kier alpha value is -2.46. The lowest BCUT2D eigenvalue weighted by Gasteiger charge is -2.37. The average molecular weight is 348 g/mol. The molecule has 134 valence electrons. The molecule has 4 nitrogen and oxygen atoms in total. The highest BCUT2D eigenvalue weighted by atomic mass is 16.5. The predicted octanol–water partition coefficient (Wildman–Crippen LogP) is 3.86. The summed E-state index contributed by atoms with van der Waals surface area (Å²) in [7, 11) is 0. The van der Waals surface area contributed by atoms with Crippen LogP contribution in [0.1, 0.15) is 24.5 Å². The first-order valence-electron chi connectivity index (χ1n) is 9.57. The van der Waals surface area contributed by atoms with Gasteiger partial charge in [0.15, 0.2) is 0 Å². The molecular weight excluding hydrogens is 324 g/mol. The van der Waals surface area contributed by atoms with Gasteiger partial charge >= 0.3 is 0 Å². The molecule has 2 aromatic carbocycles. The van der Waals surface area contributed by atoms with Crippen LogP contribution in [0.2, 0.25) is 0 Å². The number of rotatable bonds is 2. The second-order valence-corrected chi connectivity index (χ2v) is 7.31. The fourth-order valence-corrected chi connectivity index (χ4v) is 4.51. The third-order valence-electron chi connectivity index (χ3n) is 5.80. The maximum absolute atomic E-state index is 10.1. The summed E-state index contributed by atoms with van der Waals surface area (Å²) in [6.07, 6.45) is 3.36. The zero-order chi connectivity index (χ0) is 17.7. The van der Waals surface area contributed by atoms with Crippen molar-refractivity contribution in [2.24, 2.45) is 0 Å². The Morgan fingerprint density at radius 2 is 2.04 bits per heavy atom. The van der Waals surface area contributed by atoms with Crippen molar-refractivity contribution in [3.05, 3.63) is 53.6 Å². The molecule has 0 saturated carbocycles. The number of benzene rings is 2. The minimum atomic E-state index is 0.271. The first-order valence-corrected chi connectivity index (χ1v) is 9.57. The Balaban J connectivity index is 1.77. The molecule has 1 aromatic heterocycles. The second-order valence-electron chi connectivity index (χ2n) is 7.31. The molecule has 1 fully saturated rings. The SMILES string of the molecule is CCC1CN(n2c3c(c4ccccc42)CCc2ccc(O)cc2-3)CCO1. The maximum Gasteiger partial charge on any atom is 0.116 e. The zero-order valence-corrected chi connectivity index (χ0v) is 15.1. The van der Waals surface area contributed by atoms with E-state index < -0.39 is 0 Å². The lowest BCUT2D eigenvalue weighted by atomic mass is 9.89. The van der Waals surface area contributed by atoms with E-state index in [1.807, 2.05) is 6.07 Å². The summed E-state index contributed by atoms with van der Waals surface area (Å²) in [6, 6.07) is 14.5. The molecule has 3 aromatic rings. The molecular formula is C22H24N2O2. The summed E-state index contributed by atoms with van der Waals surface area (Å²) < 4.78 is 8.30. The summed E-state index contributed by atoms with van der Waals surface area (Å²) in [5, 5.41) is 13.9. The number of phenols is 1. The third kappa shape index (κ3) is 2.32. The molecule has 4 heteroatoms. The van der Waals surface area contributed by atoms with Crippen LogP contribution in [0.15, 0.2) is 42.5 Å². The van der Waals surface area contributed by atoms with E-state index in [1.54, 1.807) is 6.07 Å². The van der Waals surface area contributed by atoms with Crippen molar-refractivity contribution >= 4 is 10.9 Å². The largest absolute Gasteiger partial charge is 0.508 e. The molecule has 0 spiro atoms. The lowest BCUT2D eigenvalue weighted by molar-refractivity contribution is 0.0302. The number of phenolic OH excluding ortho intramolecular Hbond substituents is 1. The Kier molecular flexibility index (Phi) is 3.68. The maximum atomic E-state index is 10.1. The molecule has 0 bridgehead atoms. The fraction of sp³-hybridized carbons (Fsp3) is 0.364. The van der Waals surface area contributed by atoms with Gasteiger partial charge in [0.1, 0.15) is 5.75 Å². The molecule has 26 heavy (non-hydrogen) atoms. The topological polar surface area (TPSA) is 37.6 Å². The average Bonchev–Trinajstić information content (AvgIpc) is 3.03. The van der Waals surface area contributed by atoms with E-state index in [4.69, 9.17) is 4.74 Å². The number of ether oxygens (including phenoxy) is 1. The molecule has 0 radical (unpaired) electrons. The minimum Gasteiger partial charge on any atom is -0.508 e. The first kappa shape index (κ1) is 15.8. The third-order valence-corrected chi connectivity index (χ3v) is 5.80. The highest BCUT2D eigenvalue weighted by Gasteiger charge is 2.29. The van der Waals surface area contributed by atoms with Gasteiger partial charge in [-0.25, -0.2) is 0 Å². The van der Waals surface area contributed by atoms with Gasteiger partial charge in [0.05, 0.1) is 37.0 Å². The highest BCUT2D eigenvalue weighted by molar-refractivity contribution is 5.94. The zero-order valence-electron chi connectivity index (χ0n) is 15.1. The standard InChI is InChI=1S/C22H24N2O2/c1-2-17-14-23(11-12-26-17)24-21-6-4-3-5-18(21)19-10-8-15-7-9-16(25)13-20(15)22(19)24/h3-7,9,13,17,25H,2,8,10-12,14H2,1H3. The molecule has 1 atom stereocenters. The minimum absolute atomic E-state index is 0.271. The fourth-order valence-electron chi connectivity index (χ4n) is 4.51. The van der Waals surface area contributed by atoms with Gasteiger partial charge in [-0.1, -0.05) is 31.2 Å². The lowest BCUT2D eigenvalue weighted by Crippen LogP contribution is -2.48. The molecule has 1 aliphatic carbocycles. The molecule has 1 aliphatic heterocycles. The summed E-state index contributed by atoms with van der Waals surface area (Å²) in [4.78, 5) is 0. The summed E-state index contributed by atoms with van der Waals surface area (Å²) in [5.41, 5.74) is 6.39. The van der Waals surface area contributed by atoms with E-state index in [0.29, 0.717) is 5.75 Å². The summed E-state index contributed by atoms with van der Waals surface area (Å²) >= 11 is 0. The number of hydrogen-bond donors (Lipinski definition) is 1. The number of fused-ring (bicyclic) bond motifs is 5. The summed E-state index contributed by atoms with van der Waals surface area (Å²) in [6.45, 7) is 4.73. The molecule has 1 unspecified atom stereocenters. The van der Waals surface area contributed by atoms with Gasteiger partial charge in [-0.3, -0.25) is 4.68 Å². The van der Waals surface area contributed by atoms with Crippen LogP contribution in [-0.4, -0.2) is 35.6 Å². The smallest absolute Gasteiger partial charge is 0.116 e. The van der Waals surface area contributed by atoms with Crippen LogP contribution in [0, 0.1) is 0 Å². The normalized spacial score (nSPS) is 19.4. The quantitative estimate of drug-likeness (QED) is 0.764. The Morgan fingerprint density at radius 3 is 2.92 bits per heavy atom. The van der Waals surface area contributed by atoms with E-state index in [9.17, 15) is 5.11 Å². The van der Waals surface area contributed by atoms with Crippen LogP contribution in [0.25, 0.3) is 22.2 Å². The number of hydrogen-bond acceptors (Lipinski definition) is 3. The van der Waals surface area contributed by atoms with Crippen molar-refractivity contribution in [2.45, 2.75) is 32.3 Å². The van der Waals surface area contributed by atoms with Crippen molar-refractivity contribution in [3.8, 4) is 17.0 Å². The number of aromatic nitrogens is 1. The monoisotopic (exact) mass is 348 g/mol. The number of aromatic hydroxyl groups is 1. The van der Waals surface area contributed by atoms with Crippen LogP contribution < -0.4 is 5.01 Å². The molecule has 5 rings (SSSR count). The molecule has 1 saturated heterocycles. The van der Waals surface area contributed by atoms with E-state index in [2.05, 4.69) is 46.9 Å². The van der Waals surface area contributed by atoms with Gasteiger partial charge in [0.2, 0.25) is 0 Å². The molecule has 2 aliphatic rings. The van der Waals surface area contributed by atoms with Gasteiger partial charge < -0.3 is 14.9 Å². The van der Waals surface area contributed by atoms with E-state index in [1.165, 1.54) is 33.3 Å². The molecule has 1 N–H and O–H groups in total. The molecule has 0 amide bonds. The number of para-hydroxylation sites is 1. The van der Waals surface area contributed by atoms with Gasteiger partial charge in [0, 0.05) is 10.9 Å². The number of aryl methyl sites for hydroxylation is 2. The van der Waals surface area contributed by atoms with Gasteiger partial charge in [-0.05, 0) is 48.6 Å². The van der Waals surface area contributed by atoms with Gasteiger partial charge in [-0.15, -0.1) is 0 Å². The van der Waals surface area contributed by atoms with Gasteiger partial charge in [-0.2, -0.15) is 0 Å². The van der Waals surface area contributed by atoms with E-state index in [0.717, 1.165) is 39.0 Å². The van der Waals surface area contributed by atoms with Crippen LogP contribution in [0.4, 0.5) is 0 Å². The van der Waals surface area contributed by atoms with E-state index >= 15 is 0 Å². The van der Waals surface area contributed by atoms with Crippen molar-refractivity contribution in [1.82, 2.24) is 4.68 Å². The van der Waals surface area contributed by atoms with Crippen LogP contribution >= 0.6 is 0 Å². The van der Waals surface area contributed by atoms with Crippen LogP contribution in [-0.2, 0) is 17.6 Å². The highest BCUT2D eigenvalue weighted by Crippen LogP contribution is 2.41. The van der Waals surface area contributed by atoms with Crippen LogP contribution in [0.5, 0.6) is 5.75 Å². The summed E-state index contributed by atoms with van der Waals surface area (Å²) in [5.74, 6) is 0.335. The van der Waals surface area contributed by atoms with Crippen molar-refractivity contribution < 1.29 is 9.84 Å². The number of morpholine rings is 1. The van der Waals surface area contributed by atoms with Crippen LogP contribution in [0.3, 0.4) is 0 Å². The Morgan fingerprint density at radius 1 is 1.15 bits per heavy atom. The number of nitrogens with zero attached hydrogens (tertiary/aromatic N) is 2. The first-order chi connectivity index (χ1) is 12.8. The predicted molar refractivity (Wildman–Crippen MR) is 104 cm³/mol. The Labute approximate surface area is 153 Å². The Bertz CT molecular complexity index is 976. The second kappa shape index (κ2) is 6.06.